The van der Waals surface area contributed by atoms with E-state index in [1.54, 1.807) is 7.11 Å². The Bertz CT molecular complexity index is 339. The Kier molecular flexibility index (Phi) is 3.21. The van der Waals surface area contributed by atoms with Gasteiger partial charge in [-0.1, -0.05) is 19.3 Å². The number of rotatable bonds is 2. The fraction of sp³-hybridized carbons (Fsp3) is 0.714. The van der Waals surface area contributed by atoms with E-state index in [0.717, 1.165) is 5.76 Å². The summed E-state index contributed by atoms with van der Waals surface area (Å²) in [6, 6.07) is 0. The van der Waals surface area contributed by atoms with Gasteiger partial charge in [0.05, 0.1) is 7.11 Å². The summed E-state index contributed by atoms with van der Waals surface area (Å²) in [6.45, 7) is 0.379. The van der Waals surface area contributed by atoms with Crippen molar-refractivity contribution < 1.29 is 14.2 Å². The number of fused-ring (bicyclic) bond motifs is 1. The second kappa shape index (κ2) is 4.83. The predicted octanol–water partition coefficient (Wildman–Crippen LogP) is 2.78. The molecule has 0 bridgehead atoms. The van der Waals surface area contributed by atoms with Crippen molar-refractivity contribution in [2.45, 2.75) is 44.3 Å². The molecular weight excluding hydrogens is 216 g/mol. The van der Waals surface area contributed by atoms with Crippen LogP contribution in [0.5, 0.6) is 0 Å². The van der Waals surface area contributed by atoms with Crippen LogP contribution in [0.15, 0.2) is 23.5 Å². The van der Waals surface area contributed by atoms with Crippen molar-refractivity contribution in [1.82, 2.24) is 0 Å². The van der Waals surface area contributed by atoms with Crippen molar-refractivity contribution in [2.75, 3.05) is 13.9 Å². The summed E-state index contributed by atoms with van der Waals surface area (Å²) in [7, 11) is 1.72. The van der Waals surface area contributed by atoms with Gasteiger partial charge in [-0.3, -0.25) is 0 Å². The minimum absolute atomic E-state index is 0.0210. The maximum atomic E-state index is 5.59. The van der Waals surface area contributed by atoms with E-state index < -0.39 is 0 Å². The van der Waals surface area contributed by atoms with Crippen LogP contribution in [0.2, 0.25) is 0 Å². The van der Waals surface area contributed by atoms with Crippen molar-refractivity contribution in [2.24, 2.45) is 5.92 Å². The molecule has 3 heteroatoms. The smallest absolute Gasteiger partial charge is 0.148 e. The van der Waals surface area contributed by atoms with Gasteiger partial charge in [0.25, 0.3) is 0 Å². The molecule has 2 fully saturated rings. The first-order valence-corrected chi connectivity index (χ1v) is 6.59. The maximum Gasteiger partial charge on any atom is 0.148 e. The number of allylic oxidation sites excluding steroid dienone is 2. The summed E-state index contributed by atoms with van der Waals surface area (Å²) < 4.78 is 16.6. The summed E-state index contributed by atoms with van der Waals surface area (Å²) in [6.07, 6.45) is 11.2. The van der Waals surface area contributed by atoms with Crippen LogP contribution in [0.1, 0.15) is 32.1 Å². The number of hydrogen-bond donors (Lipinski definition) is 0. The third-order valence-electron chi connectivity index (χ3n) is 4.06. The number of methoxy groups -OCH3 is 1. The van der Waals surface area contributed by atoms with Gasteiger partial charge in [-0.2, -0.15) is 0 Å². The van der Waals surface area contributed by atoms with Crippen LogP contribution < -0.4 is 0 Å². The summed E-state index contributed by atoms with van der Waals surface area (Å²) in [4.78, 5) is 0. The van der Waals surface area contributed by atoms with E-state index >= 15 is 0 Å². The minimum atomic E-state index is -0.0210. The van der Waals surface area contributed by atoms with Crippen molar-refractivity contribution >= 4 is 0 Å². The Labute approximate surface area is 102 Å². The zero-order valence-electron chi connectivity index (χ0n) is 10.4. The van der Waals surface area contributed by atoms with Gasteiger partial charge in [0.15, 0.2) is 0 Å². The van der Waals surface area contributed by atoms with Gasteiger partial charge in [0.2, 0.25) is 0 Å². The van der Waals surface area contributed by atoms with Gasteiger partial charge in [0, 0.05) is 0 Å². The van der Waals surface area contributed by atoms with Gasteiger partial charge in [-0.05, 0) is 36.5 Å². The molecule has 0 radical (unpaired) electrons. The molecule has 3 aliphatic rings. The third kappa shape index (κ3) is 2.14. The molecular formula is C14H20O3. The molecule has 94 valence electrons. The van der Waals surface area contributed by atoms with Crippen LogP contribution in [0.4, 0.5) is 0 Å². The molecule has 0 amide bonds. The Morgan fingerprint density at radius 3 is 2.76 bits per heavy atom. The summed E-state index contributed by atoms with van der Waals surface area (Å²) in [5.74, 6) is 1.62. The van der Waals surface area contributed by atoms with Crippen LogP contribution in [0, 0.1) is 5.92 Å². The van der Waals surface area contributed by atoms with Crippen LogP contribution in [0.25, 0.3) is 0 Å². The second-order valence-corrected chi connectivity index (χ2v) is 5.09. The summed E-state index contributed by atoms with van der Waals surface area (Å²) >= 11 is 0. The largest absolute Gasteiger partial charge is 0.498 e. The standard InChI is InChI=1S/C14H20O3/c1-15-12-7-11(10-5-3-2-4-6-10)8-13-14(12)17-9-16-13/h7-8,10,13-14H,2-6,9H2,1H3. The average molecular weight is 236 g/mol. The van der Waals surface area contributed by atoms with Crippen molar-refractivity contribution in [3.63, 3.8) is 0 Å². The SMILES string of the molecule is COC1=CC(C2CCCCC2)=CC2OCOC12. The Hall–Kier alpha value is -0.800. The molecule has 1 saturated heterocycles. The van der Waals surface area contributed by atoms with Crippen molar-refractivity contribution in [1.29, 1.82) is 0 Å². The highest BCUT2D eigenvalue weighted by molar-refractivity contribution is 5.33. The molecule has 0 N–H and O–H groups in total. The lowest BCUT2D eigenvalue weighted by molar-refractivity contribution is 0.0393. The highest BCUT2D eigenvalue weighted by Crippen LogP contribution is 2.36. The molecule has 2 unspecified atom stereocenters. The molecule has 17 heavy (non-hydrogen) atoms. The molecule has 0 spiro atoms. The maximum absolute atomic E-state index is 5.59. The lowest BCUT2D eigenvalue weighted by atomic mass is 9.81. The Balaban J connectivity index is 1.81. The topological polar surface area (TPSA) is 27.7 Å². The first-order valence-electron chi connectivity index (χ1n) is 6.59. The molecule has 0 aromatic carbocycles. The Morgan fingerprint density at radius 2 is 2.00 bits per heavy atom. The highest BCUT2D eigenvalue weighted by Gasteiger charge is 2.36. The normalized spacial score (nSPS) is 33.9. The predicted molar refractivity (Wildman–Crippen MR) is 64.4 cm³/mol. The number of ether oxygens (including phenoxy) is 3. The molecule has 3 nitrogen and oxygen atoms in total. The van der Waals surface area contributed by atoms with Crippen molar-refractivity contribution in [3.05, 3.63) is 23.5 Å². The van der Waals surface area contributed by atoms with E-state index in [4.69, 9.17) is 14.2 Å². The van der Waals surface area contributed by atoms with Gasteiger partial charge in [0.1, 0.15) is 24.8 Å². The molecule has 0 aromatic rings. The van der Waals surface area contributed by atoms with E-state index in [9.17, 15) is 0 Å². The van der Waals surface area contributed by atoms with E-state index in [-0.39, 0.29) is 12.2 Å². The monoisotopic (exact) mass is 236 g/mol. The van der Waals surface area contributed by atoms with Gasteiger partial charge in [-0.25, -0.2) is 0 Å². The van der Waals surface area contributed by atoms with Crippen LogP contribution >= 0.6 is 0 Å². The average Bonchev–Trinajstić information content (AvgIpc) is 2.86. The molecule has 2 aliphatic carbocycles. The third-order valence-corrected chi connectivity index (χ3v) is 4.06. The first kappa shape index (κ1) is 11.3. The zero-order chi connectivity index (χ0) is 11.7. The molecule has 3 rings (SSSR count). The second-order valence-electron chi connectivity index (χ2n) is 5.09. The lowest BCUT2D eigenvalue weighted by Gasteiger charge is -2.28. The molecule has 1 heterocycles. The highest BCUT2D eigenvalue weighted by atomic mass is 16.7. The van der Waals surface area contributed by atoms with E-state index in [1.807, 2.05) is 0 Å². The van der Waals surface area contributed by atoms with Crippen LogP contribution in [-0.4, -0.2) is 26.1 Å². The molecule has 1 saturated carbocycles. The van der Waals surface area contributed by atoms with Crippen LogP contribution in [0.3, 0.4) is 0 Å². The van der Waals surface area contributed by atoms with Crippen molar-refractivity contribution in [3.8, 4) is 0 Å². The fourth-order valence-electron chi connectivity index (χ4n) is 3.10. The van der Waals surface area contributed by atoms with Gasteiger partial charge < -0.3 is 14.2 Å². The van der Waals surface area contributed by atoms with E-state index in [2.05, 4.69) is 12.2 Å². The van der Waals surface area contributed by atoms with E-state index in [1.165, 1.54) is 37.7 Å². The molecule has 0 aromatic heterocycles. The quantitative estimate of drug-likeness (QED) is 0.738. The molecule has 2 atom stereocenters. The zero-order valence-corrected chi connectivity index (χ0v) is 10.4. The summed E-state index contributed by atoms with van der Waals surface area (Å²) in [5.41, 5.74) is 1.40. The molecule has 1 aliphatic heterocycles. The first-order chi connectivity index (χ1) is 8.38. The lowest BCUT2D eigenvalue weighted by Crippen LogP contribution is -2.28. The minimum Gasteiger partial charge on any atom is -0.498 e. The van der Waals surface area contributed by atoms with Crippen LogP contribution in [-0.2, 0) is 14.2 Å². The fourth-order valence-corrected chi connectivity index (χ4v) is 3.10. The van der Waals surface area contributed by atoms with Gasteiger partial charge >= 0.3 is 0 Å². The Morgan fingerprint density at radius 1 is 1.18 bits per heavy atom. The summed E-state index contributed by atoms with van der Waals surface area (Å²) in [5, 5.41) is 0. The number of hydrogen-bond acceptors (Lipinski definition) is 3. The van der Waals surface area contributed by atoms with Gasteiger partial charge in [-0.15, -0.1) is 0 Å². The van der Waals surface area contributed by atoms with E-state index in [0.29, 0.717) is 12.7 Å².